The zero-order valence-electron chi connectivity index (χ0n) is 10.3. The summed E-state index contributed by atoms with van der Waals surface area (Å²) in [6.07, 6.45) is 5.48. The van der Waals surface area contributed by atoms with E-state index in [1.165, 1.54) is 14.2 Å². The molecular weight excluding hydrogens is 232 g/mol. The van der Waals surface area contributed by atoms with Crippen molar-refractivity contribution in [3.8, 4) is 12.3 Å². The van der Waals surface area contributed by atoms with Crippen molar-refractivity contribution < 1.29 is 19.1 Å². The van der Waals surface area contributed by atoms with Gasteiger partial charge in [-0.25, -0.2) is 4.79 Å². The average Bonchev–Trinajstić information content (AvgIpc) is 2.43. The van der Waals surface area contributed by atoms with Gasteiger partial charge in [0.1, 0.15) is 0 Å². The predicted octanol–water partition coefficient (Wildman–Crippen LogP) is 1.75. The largest absolute Gasteiger partial charge is 0.469 e. The summed E-state index contributed by atoms with van der Waals surface area (Å²) in [6, 6.07) is 6.53. The molecule has 94 valence electrons. The Morgan fingerprint density at radius 3 is 2.28 bits per heavy atom. The number of hydrogen-bond acceptors (Lipinski definition) is 4. The first kappa shape index (κ1) is 13.8. The zero-order valence-corrected chi connectivity index (χ0v) is 10.3. The first-order chi connectivity index (χ1) is 8.63. The number of esters is 2. The summed E-state index contributed by atoms with van der Waals surface area (Å²) in [7, 11) is 2.63. The summed E-state index contributed by atoms with van der Waals surface area (Å²) >= 11 is 0. The lowest BCUT2D eigenvalue weighted by Gasteiger charge is -2.12. The highest BCUT2D eigenvalue weighted by atomic mass is 16.5. The zero-order chi connectivity index (χ0) is 13.5. The molecule has 0 aliphatic rings. The van der Waals surface area contributed by atoms with Crippen LogP contribution < -0.4 is 0 Å². The van der Waals surface area contributed by atoms with Gasteiger partial charge in [0.05, 0.1) is 25.7 Å². The van der Waals surface area contributed by atoms with Gasteiger partial charge in [-0.1, -0.05) is 12.1 Å². The van der Waals surface area contributed by atoms with Crippen LogP contribution in [-0.4, -0.2) is 26.2 Å². The van der Waals surface area contributed by atoms with Crippen molar-refractivity contribution in [2.45, 2.75) is 12.3 Å². The van der Waals surface area contributed by atoms with Gasteiger partial charge in [0, 0.05) is 6.42 Å². The summed E-state index contributed by atoms with van der Waals surface area (Å²) in [5, 5.41) is 0. The maximum absolute atomic E-state index is 11.6. The van der Waals surface area contributed by atoms with Gasteiger partial charge < -0.3 is 9.47 Å². The molecule has 1 rings (SSSR count). The molecule has 0 spiro atoms. The van der Waals surface area contributed by atoms with Gasteiger partial charge in [-0.15, -0.1) is 12.3 Å². The molecule has 0 aromatic heterocycles. The fourth-order valence-electron chi connectivity index (χ4n) is 1.57. The number of methoxy groups -OCH3 is 2. The van der Waals surface area contributed by atoms with Crippen molar-refractivity contribution >= 4 is 11.9 Å². The van der Waals surface area contributed by atoms with Crippen LogP contribution in [0.1, 0.15) is 28.3 Å². The summed E-state index contributed by atoms with van der Waals surface area (Å²) in [4.78, 5) is 22.8. The minimum Gasteiger partial charge on any atom is -0.469 e. The van der Waals surface area contributed by atoms with Gasteiger partial charge in [-0.3, -0.25) is 4.79 Å². The van der Waals surface area contributed by atoms with Crippen molar-refractivity contribution in [3.05, 3.63) is 35.4 Å². The second-order valence-corrected chi connectivity index (χ2v) is 3.60. The summed E-state index contributed by atoms with van der Waals surface area (Å²) in [6.45, 7) is 0. The van der Waals surface area contributed by atoms with Crippen LogP contribution in [0.2, 0.25) is 0 Å². The first-order valence-electron chi connectivity index (χ1n) is 5.33. The van der Waals surface area contributed by atoms with Gasteiger partial charge in [0.15, 0.2) is 0 Å². The summed E-state index contributed by atoms with van der Waals surface area (Å²) < 4.78 is 9.28. The fourth-order valence-corrected chi connectivity index (χ4v) is 1.57. The highest BCUT2D eigenvalue weighted by molar-refractivity contribution is 5.89. The molecule has 0 saturated carbocycles. The lowest BCUT2D eigenvalue weighted by Crippen LogP contribution is -2.14. The number of carbonyl (C=O) groups is 2. The third-order valence-corrected chi connectivity index (χ3v) is 2.54. The Labute approximate surface area is 106 Å². The third kappa shape index (κ3) is 3.11. The van der Waals surface area contributed by atoms with Crippen molar-refractivity contribution in [3.63, 3.8) is 0 Å². The van der Waals surface area contributed by atoms with E-state index in [0.717, 1.165) is 0 Å². The van der Waals surface area contributed by atoms with Crippen LogP contribution in [0.3, 0.4) is 0 Å². The van der Waals surface area contributed by atoms with E-state index in [1.807, 2.05) is 0 Å². The molecule has 0 N–H and O–H groups in total. The standard InChI is InChI=1S/C14H14O4/c1-4-5-12(14(16)18-3)10-6-8-11(9-7-10)13(15)17-2/h1,6-9,12H,5H2,2-3H3/t12-/m0/s1. The van der Waals surface area contributed by atoms with Crippen LogP contribution in [0.25, 0.3) is 0 Å². The molecule has 18 heavy (non-hydrogen) atoms. The number of hydrogen-bond donors (Lipinski definition) is 0. The van der Waals surface area contributed by atoms with Crippen LogP contribution in [0.5, 0.6) is 0 Å². The Hall–Kier alpha value is -2.28. The van der Waals surface area contributed by atoms with Gasteiger partial charge >= 0.3 is 11.9 Å². The molecule has 0 unspecified atom stereocenters. The molecule has 1 atom stereocenters. The molecule has 0 aliphatic carbocycles. The maximum Gasteiger partial charge on any atom is 0.337 e. The Balaban J connectivity index is 2.97. The van der Waals surface area contributed by atoms with Crippen molar-refractivity contribution in [2.75, 3.05) is 14.2 Å². The van der Waals surface area contributed by atoms with Crippen LogP contribution in [0.15, 0.2) is 24.3 Å². The van der Waals surface area contributed by atoms with Crippen LogP contribution in [-0.2, 0) is 14.3 Å². The van der Waals surface area contributed by atoms with E-state index in [-0.39, 0.29) is 6.42 Å². The number of ether oxygens (including phenoxy) is 2. The lowest BCUT2D eigenvalue weighted by molar-refractivity contribution is -0.142. The van der Waals surface area contributed by atoms with E-state index in [9.17, 15) is 9.59 Å². The number of terminal acetylenes is 1. The van der Waals surface area contributed by atoms with E-state index >= 15 is 0 Å². The fraction of sp³-hybridized carbons (Fsp3) is 0.286. The molecule has 0 saturated heterocycles. The topological polar surface area (TPSA) is 52.6 Å². The van der Waals surface area contributed by atoms with Crippen molar-refractivity contribution in [1.29, 1.82) is 0 Å². The molecule has 1 aromatic carbocycles. The molecule has 1 aromatic rings. The normalized spacial score (nSPS) is 11.2. The second kappa shape index (κ2) is 6.45. The SMILES string of the molecule is C#CC[C@H](C(=O)OC)c1ccc(C(=O)OC)cc1. The second-order valence-electron chi connectivity index (χ2n) is 3.60. The van der Waals surface area contributed by atoms with Crippen LogP contribution in [0.4, 0.5) is 0 Å². The molecule has 4 heteroatoms. The Kier molecular flexibility index (Phi) is 4.94. The van der Waals surface area contributed by atoms with E-state index in [0.29, 0.717) is 11.1 Å². The average molecular weight is 246 g/mol. The highest BCUT2D eigenvalue weighted by Crippen LogP contribution is 2.21. The van der Waals surface area contributed by atoms with Crippen molar-refractivity contribution in [1.82, 2.24) is 0 Å². The predicted molar refractivity (Wildman–Crippen MR) is 66.0 cm³/mol. The van der Waals surface area contributed by atoms with Gasteiger partial charge in [0.2, 0.25) is 0 Å². The van der Waals surface area contributed by atoms with Gasteiger partial charge in [-0.05, 0) is 17.7 Å². The first-order valence-corrected chi connectivity index (χ1v) is 5.33. The molecule has 0 aliphatic heterocycles. The Bertz CT molecular complexity index is 468. The molecule has 0 bridgehead atoms. The minimum absolute atomic E-state index is 0.254. The molecular formula is C14H14O4. The molecule has 0 heterocycles. The molecule has 4 nitrogen and oxygen atoms in total. The number of rotatable bonds is 4. The highest BCUT2D eigenvalue weighted by Gasteiger charge is 2.20. The van der Waals surface area contributed by atoms with E-state index in [4.69, 9.17) is 11.2 Å². The molecule has 0 fully saturated rings. The van der Waals surface area contributed by atoms with E-state index in [2.05, 4.69) is 10.7 Å². The minimum atomic E-state index is -0.508. The van der Waals surface area contributed by atoms with Gasteiger partial charge in [-0.2, -0.15) is 0 Å². The number of benzene rings is 1. The van der Waals surface area contributed by atoms with Crippen LogP contribution >= 0.6 is 0 Å². The van der Waals surface area contributed by atoms with Crippen molar-refractivity contribution in [2.24, 2.45) is 0 Å². The Morgan fingerprint density at radius 2 is 1.83 bits per heavy atom. The van der Waals surface area contributed by atoms with Gasteiger partial charge in [0.25, 0.3) is 0 Å². The number of carbonyl (C=O) groups excluding carboxylic acids is 2. The van der Waals surface area contributed by atoms with Crippen LogP contribution in [0, 0.1) is 12.3 Å². The third-order valence-electron chi connectivity index (χ3n) is 2.54. The molecule has 0 radical (unpaired) electrons. The smallest absolute Gasteiger partial charge is 0.337 e. The maximum atomic E-state index is 11.6. The molecule has 0 amide bonds. The summed E-state index contributed by atoms with van der Waals surface area (Å²) in [5.74, 6) is 1.12. The lowest BCUT2D eigenvalue weighted by atomic mass is 9.95. The van der Waals surface area contributed by atoms with E-state index < -0.39 is 17.9 Å². The quantitative estimate of drug-likeness (QED) is 0.600. The monoisotopic (exact) mass is 246 g/mol. The van der Waals surface area contributed by atoms with E-state index in [1.54, 1.807) is 24.3 Å². The summed E-state index contributed by atoms with van der Waals surface area (Å²) in [5.41, 5.74) is 1.14. The Morgan fingerprint density at radius 1 is 1.22 bits per heavy atom.